The first-order chi connectivity index (χ1) is 17.9. The molecule has 2 heterocycles. The highest BCUT2D eigenvalue weighted by atomic mass is 19.4. The molecule has 2 aliphatic rings. The second kappa shape index (κ2) is 11.2. The van der Waals surface area contributed by atoms with E-state index in [1.54, 1.807) is 0 Å². The molecule has 206 valence electrons. The normalized spacial score (nSPS) is 19.4. The van der Waals surface area contributed by atoms with Crippen molar-refractivity contribution in [3.8, 4) is 0 Å². The highest BCUT2D eigenvalue weighted by Gasteiger charge is 2.33. The van der Waals surface area contributed by atoms with Crippen molar-refractivity contribution in [1.82, 2.24) is 15.5 Å². The van der Waals surface area contributed by atoms with E-state index in [9.17, 15) is 35.9 Å². The molecule has 12 heteroatoms. The summed E-state index contributed by atoms with van der Waals surface area (Å²) in [7, 11) is 0. The van der Waals surface area contributed by atoms with Gasteiger partial charge in [0.2, 0.25) is 5.91 Å². The van der Waals surface area contributed by atoms with Crippen LogP contribution in [0.3, 0.4) is 0 Å². The average Bonchev–Trinajstić information content (AvgIpc) is 3.35. The third kappa shape index (κ3) is 6.97. The fourth-order valence-electron chi connectivity index (χ4n) is 4.97. The minimum atomic E-state index is -4.57. The van der Waals surface area contributed by atoms with Crippen LogP contribution >= 0.6 is 0 Å². The highest BCUT2D eigenvalue weighted by Crippen LogP contribution is 2.32. The number of carbonyl (C=O) groups excluding carboxylic acids is 2. The molecule has 2 aromatic carbocycles. The summed E-state index contributed by atoms with van der Waals surface area (Å²) in [5, 5.41) is 5.22. The van der Waals surface area contributed by atoms with Gasteiger partial charge >= 0.3 is 12.4 Å². The number of nitrogens with zero attached hydrogens (tertiary/aromatic N) is 2. The van der Waals surface area contributed by atoms with E-state index in [2.05, 4.69) is 20.4 Å². The van der Waals surface area contributed by atoms with E-state index in [0.717, 1.165) is 61.8 Å². The monoisotopic (exact) mass is 542 g/mol. The number of nitrogens with one attached hydrogen (secondary N) is 2. The Kier molecular flexibility index (Phi) is 8.19. The molecule has 0 spiro atoms. The zero-order chi connectivity index (χ0) is 27.5. The molecule has 1 atom stereocenters. The Balaban J connectivity index is 1.19. The van der Waals surface area contributed by atoms with Crippen molar-refractivity contribution in [2.75, 3.05) is 37.6 Å². The lowest BCUT2D eigenvalue weighted by molar-refractivity contribution is -0.138. The zero-order valence-corrected chi connectivity index (χ0v) is 20.4. The summed E-state index contributed by atoms with van der Waals surface area (Å²) in [6.07, 6.45) is -6.52. The lowest BCUT2D eigenvalue weighted by Gasteiger charge is -2.38. The topological polar surface area (TPSA) is 64.7 Å². The number of hydrogen-bond donors (Lipinski definition) is 2. The molecular weight excluding hydrogens is 514 g/mol. The Morgan fingerprint density at radius 1 is 0.842 bits per heavy atom. The van der Waals surface area contributed by atoms with E-state index >= 15 is 0 Å². The number of likely N-dealkylation sites (tertiary alicyclic amines) is 1. The van der Waals surface area contributed by atoms with E-state index in [1.807, 2.05) is 0 Å². The Morgan fingerprint density at radius 3 is 2.13 bits per heavy atom. The maximum atomic E-state index is 12.8. The van der Waals surface area contributed by atoms with Crippen LogP contribution < -0.4 is 15.5 Å². The molecule has 0 radical (unpaired) electrons. The molecule has 2 aliphatic heterocycles. The molecule has 0 aliphatic carbocycles. The molecule has 2 N–H and O–H groups in total. The molecule has 6 nitrogen and oxygen atoms in total. The number of alkyl halides is 6. The summed E-state index contributed by atoms with van der Waals surface area (Å²) in [5.74, 6) is -1.19. The van der Waals surface area contributed by atoms with Crippen molar-refractivity contribution >= 4 is 17.5 Å². The van der Waals surface area contributed by atoms with E-state index < -0.39 is 35.3 Å². The Bertz CT molecular complexity index is 1130. The van der Waals surface area contributed by atoms with Crippen LogP contribution in [0.25, 0.3) is 0 Å². The van der Waals surface area contributed by atoms with Crippen LogP contribution in [0.1, 0.15) is 40.7 Å². The fourth-order valence-corrected chi connectivity index (χ4v) is 4.97. The number of carbonyl (C=O) groups is 2. The molecule has 1 unspecified atom stereocenters. The molecule has 4 rings (SSSR count). The van der Waals surface area contributed by atoms with Gasteiger partial charge in [-0.1, -0.05) is 6.07 Å². The number of amides is 2. The number of anilines is 1. The van der Waals surface area contributed by atoms with Crippen LogP contribution in [-0.4, -0.2) is 61.5 Å². The third-order valence-corrected chi connectivity index (χ3v) is 6.99. The second-order valence-corrected chi connectivity index (χ2v) is 9.57. The Labute approximate surface area is 216 Å². The number of benzene rings is 2. The number of rotatable bonds is 6. The van der Waals surface area contributed by atoms with Crippen LogP contribution in [0.2, 0.25) is 0 Å². The largest absolute Gasteiger partial charge is 0.416 e. The van der Waals surface area contributed by atoms with Gasteiger partial charge < -0.3 is 15.5 Å². The summed E-state index contributed by atoms with van der Waals surface area (Å²) in [6, 6.07) is 9.36. The van der Waals surface area contributed by atoms with Gasteiger partial charge in [-0.05, 0) is 61.7 Å². The van der Waals surface area contributed by atoms with Gasteiger partial charge in [-0.3, -0.25) is 14.5 Å². The van der Waals surface area contributed by atoms with Crippen molar-refractivity contribution < 1.29 is 35.9 Å². The van der Waals surface area contributed by atoms with Crippen molar-refractivity contribution in [3.63, 3.8) is 0 Å². The molecule has 2 amide bonds. The first-order valence-electron chi connectivity index (χ1n) is 12.3. The number of halogens is 6. The van der Waals surface area contributed by atoms with Crippen molar-refractivity contribution in [3.05, 3.63) is 65.2 Å². The van der Waals surface area contributed by atoms with E-state index in [0.29, 0.717) is 25.7 Å². The minimum absolute atomic E-state index is 0.110. The van der Waals surface area contributed by atoms with Gasteiger partial charge in [-0.25, -0.2) is 0 Å². The molecule has 0 aromatic heterocycles. The number of hydrogen-bond acceptors (Lipinski definition) is 4. The van der Waals surface area contributed by atoms with E-state index in [4.69, 9.17) is 0 Å². The first kappa shape index (κ1) is 27.7. The predicted molar refractivity (Wildman–Crippen MR) is 129 cm³/mol. The van der Waals surface area contributed by atoms with Crippen molar-refractivity contribution in [2.45, 2.75) is 43.7 Å². The molecule has 2 aromatic rings. The smallest absolute Gasteiger partial charge is 0.371 e. The van der Waals surface area contributed by atoms with Crippen LogP contribution in [0.4, 0.5) is 32.0 Å². The van der Waals surface area contributed by atoms with Crippen molar-refractivity contribution in [2.24, 2.45) is 0 Å². The maximum absolute atomic E-state index is 12.8. The lowest BCUT2D eigenvalue weighted by Crippen LogP contribution is -2.46. The van der Waals surface area contributed by atoms with E-state index in [-0.39, 0.29) is 18.2 Å². The van der Waals surface area contributed by atoms with Crippen LogP contribution in [-0.2, 0) is 17.1 Å². The fraction of sp³-hybridized carbons (Fsp3) is 0.462. The number of piperidine rings is 1. The predicted octanol–water partition coefficient (Wildman–Crippen LogP) is 4.31. The summed E-state index contributed by atoms with van der Waals surface area (Å²) in [4.78, 5) is 28.9. The standard InChI is InChI=1S/C26H28F6N4O2/c27-25(28,29)18-4-6-21(7-5-18)35-12-9-22(10-13-35)36-11-8-20(16-36)34-23(37)15-33-24(38)17-2-1-3-19(14-17)26(30,31)32/h1-7,14,20,22H,8-13,15-16H2,(H,33,38)(H,34,37). The molecule has 0 bridgehead atoms. The van der Waals surface area contributed by atoms with Gasteiger partial charge in [-0.15, -0.1) is 0 Å². The van der Waals surface area contributed by atoms with Crippen molar-refractivity contribution in [1.29, 1.82) is 0 Å². The molecule has 0 saturated carbocycles. The van der Waals surface area contributed by atoms with E-state index in [1.165, 1.54) is 18.2 Å². The zero-order valence-electron chi connectivity index (χ0n) is 20.4. The Hall–Kier alpha value is -3.28. The van der Waals surface area contributed by atoms with Crippen LogP contribution in [0, 0.1) is 0 Å². The van der Waals surface area contributed by atoms with Gasteiger partial charge in [0.05, 0.1) is 17.7 Å². The highest BCUT2D eigenvalue weighted by molar-refractivity contribution is 5.96. The molecule has 2 saturated heterocycles. The summed E-state index contributed by atoms with van der Waals surface area (Å²) in [5.41, 5.74) is -1.03. The van der Waals surface area contributed by atoms with Crippen LogP contribution in [0.5, 0.6) is 0 Å². The average molecular weight is 543 g/mol. The first-order valence-corrected chi connectivity index (χ1v) is 12.3. The van der Waals surface area contributed by atoms with Gasteiger partial charge in [0, 0.05) is 49.5 Å². The Morgan fingerprint density at radius 2 is 1.50 bits per heavy atom. The summed E-state index contributed by atoms with van der Waals surface area (Å²) < 4.78 is 76.9. The van der Waals surface area contributed by atoms with Crippen LogP contribution in [0.15, 0.2) is 48.5 Å². The van der Waals surface area contributed by atoms with Gasteiger partial charge in [0.25, 0.3) is 5.91 Å². The SMILES string of the molecule is O=C(CNC(=O)c1cccc(C(F)(F)F)c1)NC1CCN(C2CCN(c3ccc(C(F)(F)F)cc3)CC2)C1. The minimum Gasteiger partial charge on any atom is -0.371 e. The van der Waals surface area contributed by atoms with Gasteiger partial charge in [0.15, 0.2) is 0 Å². The maximum Gasteiger partial charge on any atom is 0.416 e. The molecule has 2 fully saturated rings. The molecule has 38 heavy (non-hydrogen) atoms. The van der Waals surface area contributed by atoms with Gasteiger partial charge in [0.1, 0.15) is 0 Å². The quantitative estimate of drug-likeness (QED) is 0.534. The summed E-state index contributed by atoms with van der Waals surface area (Å²) in [6.45, 7) is 2.50. The summed E-state index contributed by atoms with van der Waals surface area (Å²) >= 11 is 0. The van der Waals surface area contributed by atoms with Gasteiger partial charge in [-0.2, -0.15) is 26.3 Å². The third-order valence-electron chi connectivity index (χ3n) is 6.99. The lowest BCUT2D eigenvalue weighted by atomic mass is 10.0. The molecular formula is C26H28F6N4O2. The second-order valence-electron chi connectivity index (χ2n) is 9.57.